The van der Waals surface area contributed by atoms with Crippen molar-refractivity contribution in [2.24, 2.45) is 0 Å². The Kier molecular flexibility index (Phi) is 4.58. The molecule has 0 atom stereocenters. The van der Waals surface area contributed by atoms with Crippen molar-refractivity contribution in [3.63, 3.8) is 0 Å². The molecule has 1 aromatic carbocycles. The summed E-state index contributed by atoms with van der Waals surface area (Å²) in [7, 11) is 0. The van der Waals surface area contributed by atoms with Gasteiger partial charge in [-0.2, -0.15) is 5.10 Å². The molecule has 0 aliphatic carbocycles. The number of anilines is 1. The first kappa shape index (κ1) is 16.0. The van der Waals surface area contributed by atoms with Crippen LogP contribution >= 0.6 is 11.3 Å². The van der Waals surface area contributed by atoms with Gasteiger partial charge >= 0.3 is 0 Å². The number of thiazole rings is 1. The lowest BCUT2D eigenvalue weighted by atomic mass is 9.97. The smallest absolute Gasteiger partial charge is 0.261 e. The number of aromatic nitrogens is 3. The third-order valence-corrected chi connectivity index (χ3v) is 5.51. The van der Waals surface area contributed by atoms with E-state index in [0.29, 0.717) is 22.3 Å². The minimum Gasteiger partial charge on any atom is -0.317 e. The van der Waals surface area contributed by atoms with E-state index in [0.717, 1.165) is 31.5 Å². The van der Waals surface area contributed by atoms with Crippen molar-refractivity contribution in [2.45, 2.75) is 18.8 Å². The molecule has 2 aromatic heterocycles. The van der Waals surface area contributed by atoms with Gasteiger partial charge in [0.05, 0.1) is 17.5 Å². The summed E-state index contributed by atoms with van der Waals surface area (Å²) in [6.07, 6.45) is 5.69. The number of carbonyl (C=O) groups is 1. The number of piperidine rings is 1. The third kappa shape index (κ3) is 3.47. The fourth-order valence-electron chi connectivity index (χ4n) is 3.09. The molecule has 1 fully saturated rings. The first-order chi connectivity index (χ1) is 12.3. The Morgan fingerprint density at radius 3 is 2.76 bits per heavy atom. The minimum absolute atomic E-state index is 0.196. The van der Waals surface area contributed by atoms with Crippen LogP contribution in [0.25, 0.3) is 11.3 Å². The Hall–Kier alpha value is -2.51. The number of aromatic amines is 1. The summed E-state index contributed by atoms with van der Waals surface area (Å²) in [5, 5.41) is 13.9. The van der Waals surface area contributed by atoms with Crippen molar-refractivity contribution < 1.29 is 4.79 Å². The lowest BCUT2D eigenvalue weighted by Crippen LogP contribution is -2.26. The van der Waals surface area contributed by atoms with Crippen LogP contribution in [0.5, 0.6) is 0 Å². The van der Waals surface area contributed by atoms with Crippen molar-refractivity contribution in [3.8, 4) is 11.3 Å². The maximum atomic E-state index is 12.6. The predicted molar refractivity (Wildman–Crippen MR) is 98.9 cm³/mol. The molecule has 0 bridgehead atoms. The van der Waals surface area contributed by atoms with E-state index >= 15 is 0 Å². The number of hydrogen-bond acceptors (Lipinski definition) is 5. The molecule has 0 radical (unpaired) electrons. The number of carbonyl (C=O) groups excluding carboxylic acids is 1. The maximum Gasteiger partial charge on any atom is 0.261 e. The average Bonchev–Trinajstić information content (AvgIpc) is 3.33. The molecular weight excluding hydrogens is 334 g/mol. The van der Waals surface area contributed by atoms with Crippen LogP contribution in [0.4, 0.5) is 5.13 Å². The summed E-state index contributed by atoms with van der Waals surface area (Å²) in [5.41, 5.74) is 2.16. The van der Waals surface area contributed by atoms with Crippen molar-refractivity contribution in [3.05, 3.63) is 53.2 Å². The van der Waals surface area contributed by atoms with Crippen molar-refractivity contribution in [2.75, 3.05) is 18.4 Å². The van der Waals surface area contributed by atoms with Gasteiger partial charge in [0.25, 0.3) is 5.91 Å². The van der Waals surface area contributed by atoms with E-state index in [1.165, 1.54) is 4.88 Å². The van der Waals surface area contributed by atoms with Crippen LogP contribution in [0.1, 0.15) is 34.0 Å². The molecule has 6 nitrogen and oxygen atoms in total. The van der Waals surface area contributed by atoms with Crippen LogP contribution in [-0.2, 0) is 0 Å². The Morgan fingerprint density at radius 1 is 1.16 bits per heavy atom. The lowest BCUT2D eigenvalue weighted by Gasteiger charge is -2.20. The summed E-state index contributed by atoms with van der Waals surface area (Å²) in [6, 6.07) is 9.71. The van der Waals surface area contributed by atoms with E-state index in [-0.39, 0.29) is 5.91 Å². The van der Waals surface area contributed by atoms with Gasteiger partial charge in [-0.3, -0.25) is 15.2 Å². The fraction of sp³-hybridized carbons (Fsp3) is 0.278. The van der Waals surface area contributed by atoms with Gasteiger partial charge in [-0.15, -0.1) is 11.3 Å². The van der Waals surface area contributed by atoms with E-state index in [4.69, 9.17) is 0 Å². The van der Waals surface area contributed by atoms with Crippen molar-refractivity contribution in [1.29, 1.82) is 0 Å². The van der Waals surface area contributed by atoms with Crippen molar-refractivity contribution in [1.82, 2.24) is 20.5 Å². The molecule has 0 spiro atoms. The molecule has 1 saturated heterocycles. The second-order valence-corrected chi connectivity index (χ2v) is 7.13. The lowest BCUT2D eigenvalue weighted by molar-refractivity contribution is 0.102. The number of rotatable bonds is 4. The molecule has 0 saturated carbocycles. The highest BCUT2D eigenvalue weighted by molar-refractivity contribution is 7.15. The number of benzene rings is 1. The van der Waals surface area contributed by atoms with E-state index < -0.39 is 0 Å². The minimum atomic E-state index is -0.196. The van der Waals surface area contributed by atoms with Gasteiger partial charge in [0, 0.05) is 16.6 Å². The van der Waals surface area contributed by atoms with Gasteiger partial charge in [0.2, 0.25) is 0 Å². The predicted octanol–water partition coefficient (Wildman–Crippen LogP) is 3.25. The third-order valence-electron chi connectivity index (χ3n) is 4.43. The van der Waals surface area contributed by atoms with Crippen molar-refractivity contribution >= 4 is 22.4 Å². The highest BCUT2D eigenvalue weighted by Gasteiger charge is 2.20. The SMILES string of the molecule is O=C(Nc1ncc(C2CCNCC2)s1)c1cn[nH]c1-c1ccccc1. The molecular formula is C18H19N5OS. The van der Waals surface area contributed by atoms with Crippen LogP contribution in [0, 0.1) is 0 Å². The van der Waals surface area contributed by atoms with Gasteiger partial charge in [-0.05, 0) is 31.8 Å². The second-order valence-electron chi connectivity index (χ2n) is 6.07. The maximum absolute atomic E-state index is 12.6. The Labute approximate surface area is 149 Å². The molecule has 3 aromatic rings. The summed E-state index contributed by atoms with van der Waals surface area (Å²) in [4.78, 5) is 18.3. The number of amides is 1. The van der Waals surface area contributed by atoms with Crippen LogP contribution in [0.2, 0.25) is 0 Å². The first-order valence-corrected chi connectivity index (χ1v) is 9.19. The Bertz CT molecular complexity index is 851. The number of nitrogens with one attached hydrogen (secondary N) is 3. The summed E-state index contributed by atoms with van der Waals surface area (Å²) < 4.78 is 0. The normalized spacial score (nSPS) is 15.2. The largest absolute Gasteiger partial charge is 0.317 e. The highest BCUT2D eigenvalue weighted by Crippen LogP contribution is 2.32. The van der Waals surface area contributed by atoms with Gasteiger partial charge in [-0.25, -0.2) is 4.98 Å². The van der Waals surface area contributed by atoms with Gasteiger partial charge < -0.3 is 5.32 Å². The van der Waals surface area contributed by atoms with Gasteiger partial charge in [0.15, 0.2) is 5.13 Å². The van der Waals surface area contributed by atoms with Crippen LogP contribution in [-0.4, -0.2) is 34.2 Å². The first-order valence-electron chi connectivity index (χ1n) is 8.38. The molecule has 1 amide bonds. The second kappa shape index (κ2) is 7.16. The van der Waals surface area contributed by atoms with Crippen LogP contribution in [0.15, 0.2) is 42.7 Å². The standard InChI is InChI=1S/C18H19N5OS/c24-17(14-10-21-23-16(14)13-4-2-1-3-5-13)22-18-20-11-15(25-18)12-6-8-19-9-7-12/h1-5,10-12,19H,6-9H2,(H,21,23)(H,20,22,24). The number of hydrogen-bond donors (Lipinski definition) is 3. The molecule has 4 rings (SSSR count). The molecule has 1 aliphatic heterocycles. The van der Waals surface area contributed by atoms with E-state index in [1.807, 2.05) is 36.5 Å². The van der Waals surface area contributed by atoms with Crippen LogP contribution < -0.4 is 10.6 Å². The molecule has 3 N–H and O–H groups in total. The highest BCUT2D eigenvalue weighted by atomic mass is 32.1. The zero-order valence-corrected chi connectivity index (χ0v) is 14.5. The van der Waals surface area contributed by atoms with Crippen LogP contribution in [0.3, 0.4) is 0 Å². The summed E-state index contributed by atoms with van der Waals surface area (Å²) >= 11 is 1.57. The monoisotopic (exact) mass is 353 g/mol. The summed E-state index contributed by atoms with van der Waals surface area (Å²) in [5.74, 6) is 0.344. The molecule has 128 valence electrons. The fourth-order valence-corrected chi connectivity index (χ4v) is 4.07. The molecule has 3 heterocycles. The summed E-state index contributed by atoms with van der Waals surface area (Å²) in [6.45, 7) is 2.08. The molecule has 0 unspecified atom stereocenters. The average molecular weight is 353 g/mol. The van der Waals surface area contributed by atoms with E-state index in [2.05, 4.69) is 25.8 Å². The Morgan fingerprint density at radius 2 is 1.96 bits per heavy atom. The van der Waals surface area contributed by atoms with Gasteiger partial charge in [0.1, 0.15) is 0 Å². The number of H-pyrrole nitrogens is 1. The Balaban J connectivity index is 1.50. The molecule has 7 heteroatoms. The quantitative estimate of drug-likeness (QED) is 0.672. The zero-order valence-electron chi connectivity index (χ0n) is 13.7. The molecule has 1 aliphatic rings. The number of nitrogens with zero attached hydrogens (tertiary/aromatic N) is 2. The van der Waals surface area contributed by atoms with E-state index in [1.54, 1.807) is 17.5 Å². The zero-order chi connectivity index (χ0) is 17.1. The van der Waals surface area contributed by atoms with E-state index in [9.17, 15) is 4.79 Å². The van der Waals surface area contributed by atoms with Gasteiger partial charge in [-0.1, -0.05) is 30.3 Å². The molecule has 25 heavy (non-hydrogen) atoms. The topological polar surface area (TPSA) is 82.7 Å².